The van der Waals surface area contributed by atoms with Gasteiger partial charge < -0.3 is 0 Å². The van der Waals surface area contributed by atoms with Gasteiger partial charge in [-0.1, -0.05) is 24.6 Å². The van der Waals surface area contributed by atoms with Crippen molar-refractivity contribution in [1.29, 1.82) is 0 Å². The third-order valence-corrected chi connectivity index (χ3v) is 2.09. The summed E-state index contributed by atoms with van der Waals surface area (Å²) >= 11 is 0. The second-order valence-electron chi connectivity index (χ2n) is 3.19. The van der Waals surface area contributed by atoms with Crippen molar-refractivity contribution < 1.29 is 4.79 Å². The topological polar surface area (TPSA) is 17.1 Å². The second kappa shape index (κ2) is 4.91. The highest BCUT2D eigenvalue weighted by Gasteiger charge is 2.09. The molecule has 0 saturated carbocycles. The van der Waals surface area contributed by atoms with Crippen LogP contribution in [0.15, 0.2) is 23.8 Å². The van der Waals surface area contributed by atoms with E-state index in [4.69, 9.17) is 0 Å². The summed E-state index contributed by atoms with van der Waals surface area (Å²) in [4.78, 5) is 10.8. The van der Waals surface area contributed by atoms with Gasteiger partial charge in [-0.05, 0) is 31.8 Å². The van der Waals surface area contributed by atoms with Gasteiger partial charge in [0.05, 0.1) is 0 Å². The molecule has 0 radical (unpaired) electrons. The Bertz CT molecular complexity index is 211. The summed E-state index contributed by atoms with van der Waals surface area (Å²) in [7, 11) is 0. The molecule has 0 bridgehead atoms. The first-order valence-corrected chi connectivity index (χ1v) is 4.70. The van der Waals surface area contributed by atoms with Crippen LogP contribution in [-0.2, 0) is 4.79 Å². The van der Waals surface area contributed by atoms with Crippen LogP contribution in [0.2, 0.25) is 0 Å². The molecule has 1 aliphatic carbocycles. The summed E-state index contributed by atoms with van der Waals surface area (Å²) in [5.74, 6) is 0.310. The fraction of sp³-hybridized carbons (Fsp3) is 0.545. The molecule has 66 valence electrons. The van der Waals surface area contributed by atoms with Crippen LogP contribution < -0.4 is 0 Å². The van der Waals surface area contributed by atoms with Crippen LogP contribution in [0, 0.1) is 0 Å². The molecule has 1 aliphatic rings. The first-order chi connectivity index (χ1) is 5.83. The van der Waals surface area contributed by atoms with E-state index in [0.29, 0.717) is 5.78 Å². The molecule has 1 nitrogen and oxygen atoms in total. The fourth-order valence-electron chi connectivity index (χ4n) is 1.41. The summed E-state index contributed by atoms with van der Waals surface area (Å²) < 4.78 is 0. The van der Waals surface area contributed by atoms with E-state index >= 15 is 0 Å². The van der Waals surface area contributed by atoms with Crippen molar-refractivity contribution in [1.82, 2.24) is 0 Å². The lowest BCUT2D eigenvalue weighted by molar-refractivity contribution is -0.114. The summed E-state index contributed by atoms with van der Waals surface area (Å²) in [5.41, 5.74) is 1.33. The van der Waals surface area contributed by atoms with Gasteiger partial charge in [0.25, 0.3) is 0 Å². The Hall–Kier alpha value is -0.850. The fourth-order valence-corrected chi connectivity index (χ4v) is 1.41. The van der Waals surface area contributed by atoms with Gasteiger partial charge >= 0.3 is 0 Å². The van der Waals surface area contributed by atoms with Crippen LogP contribution in [0.3, 0.4) is 0 Å². The molecule has 0 fully saturated rings. The molecule has 0 atom stereocenters. The summed E-state index contributed by atoms with van der Waals surface area (Å²) in [5, 5.41) is 0. The largest absolute Gasteiger partial charge is 0.295 e. The van der Waals surface area contributed by atoms with Gasteiger partial charge in [-0.3, -0.25) is 4.79 Å². The maximum absolute atomic E-state index is 10.8. The van der Waals surface area contributed by atoms with Crippen LogP contribution >= 0.6 is 0 Å². The van der Waals surface area contributed by atoms with Crippen LogP contribution in [0.25, 0.3) is 0 Å². The first-order valence-electron chi connectivity index (χ1n) is 4.70. The normalized spacial score (nSPS) is 17.4. The first kappa shape index (κ1) is 9.24. The minimum absolute atomic E-state index is 0.310. The zero-order valence-electron chi connectivity index (χ0n) is 7.68. The molecule has 0 heterocycles. The molecule has 0 amide bonds. The molecular weight excluding hydrogens is 148 g/mol. The van der Waals surface area contributed by atoms with E-state index in [-0.39, 0.29) is 0 Å². The Morgan fingerprint density at radius 2 is 2.25 bits per heavy atom. The predicted octanol–water partition coefficient (Wildman–Crippen LogP) is 3.02. The van der Waals surface area contributed by atoms with Crippen molar-refractivity contribution in [2.75, 3.05) is 0 Å². The van der Waals surface area contributed by atoms with Crippen LogP contribution in [-0.4, -0.2) is 5.78 Å². The van der Waals surface area contributed by atoms with E-state index in [1.54, 1.807) is 0 Å². The number of rotatable bonds is 4. The molecular formula is C11H16O. The Labute approximate surface area is 74.2 Å². The highest BCUT2D eigenvalue weighted by molar-refractivity contribution is 5.92. The standard InChI is InChI=1S/C11H16O/c1-2-3-4-5-6-10-7-8-11(12)9-10/h3-4,9H,2,5-8H2,1H3/b4-3+. The maximum atomic E-state index is 10.8. The second-order valence-corrected chi connectivity index (χ2v) is 3.19. The Balaban J connectivity index is 2.20. The van der Waals surface area contributed by atoms with E-state index < -0.39 is 0 Å². The lowest BCUT2D eigenvalue weighted by Gasteiger charge is -1.95. The highest BCUT2D eigenvalue weighted by atomic mass is 16.1. The third kappa shape index (κ3) is 3.04. The van der Waals surface area contributed by atoms with Crippen molar-refractivity contribution in [3.8, 4) is 0 Å². The third-order valence-electron chi connectivity index (χ3n) is 2.09. The lowest BCUT2D eigenvalue weighted by Crippen LogP contribution is -1.80. The predicted molar refractivity (Wildman–Crippen MR) is 51.0 cm³/mol. The molecule has 12 heavy (non-hydrogen) atoms. The van der Waals surface area contributed by atoms with Crippen LogP contribution in [0.1, 0.15) is 39.0 Å². The van der Waals surface area contributed by atoms with Crippen molar-refractivity contribution in [3.63, 3.8) is 0 Å². The van der Waals surface area contributed by atoms with Gasteiger partial charge in [-0.15, -0.1) is 0 Å². The summed E-state index contributed by atoms with van der Waals surface area (Å²) in [6.45, 7) is 2.13. The average Bonchev–Trinajstić information content (AvgIpc) is 2.45. The van der Waals surface area contributed by atoms with Gasteiger partial charge in [-0.25, -0.2) is 0 Å². The van der Waals surface area contributed by atoms with Crippen LogP contribution in [0.5, 0.6) is 0 Å². The van der Waals surface area contributed by atoms with Gasteiger partial charge in [-0.2, -0.15) is 0 Å². The minimum Gasteiger partial charge on any atom is -0.295 e. The number of hydrogen-bond donors (Lipinski definition) is 0. The van der Waals surface area contributed by atoms with Crippen molar-refractivity contribution in [3.05, 3.63) is 23.8 Å². The summed E-state index contributed by atoms with van der Waals surface area (Å²) in [6, 6.07) is 0. The Morgan fingerprint density at radius 1 is 1.42 bits per heavy atom. The lowest BCUT2D eigenvalue weighted by atomic mass is 10.1. The van der Waals surface area contributed by atoms with Gasteiger partial charge in [0.2, 0.25) is 0 Å². The number of hydrogen-bond acceptors (Lipinski definition) is 1. The zero-order valence-corrected chi connectivity index (χ0v) is 7.68. The quantitative estimate of drug-likeness (QED) is 0.584. The molecule has 1 heteroatoms. The van der Waals surface area contributed by atoms with Gasteiger partial charge in [0.1, 0.15) is 0 Å². The highest BCUT2D eigenvalue weighted by Crippen LogP contribution is 2.19. The molecule has 0 N–H and O–H groups in total. The van der Waals surface area contributed by atoms with E-state index in [1.165, 1.54) is 5.57 Å². The molecule has 0 spiro atoms. The molecule has 0 unspecified atom stereocenters. The molecule has 1 rings (SSSR count). The monoisotopic (exact) mass is 164 g/mol. The number of carbonyl (C=O) groups is 1. The number of ketones is 1. The molecule has 0 saturated heterocycles. The van der Waals surface area contributed by atoms with E-state index in [0.717, 1.165) is 32.1 Å². The van der Waals surface area contributed by atoms with Crippen LogP contribution in [0.4, 0.5) is 0 Å². The van der Waals surface area contributed by atoms with Crippen molar-refractivity contribution in [2.24, 2.45) is 0 Å². The van der Waals surface area contributed by atoms with E-state index in [1.807, 2.05) is 6.08 Å². The Kier molecular flexibility index (Phi) is 3.78. The molecule has 0 aromatic carbocycles. The maximum Gasteiger partial charge on any atom is 0.155 e. The zero-order chi connectivity index (χ0) is 8.81. The average molecular weight is 164 g/mol. The van der Waals surface area contributed by atoms with Gasteiger partial charge in [0.15, 0.2) is 5.78 Å². The van der Waals surface area contributed by atoms with Crippen molar-refractivity contribution >= 4 is 5.78 Å². The summed E-state index contributed by atoms with van der Waals surface area (Å²) in [6.07, 6.45) is 11.2. The van der Waals surface area contributed by atoms with Gasteiger partial charge in [0, 0.05) is 6.42 Å². The van der Waals surface area contributed by atoms with E-state index in [2.05, 4.69) is 19.1 Å². The SMILES string of the molecule is CC/C=C/CCC1=CC(=O)CC1. The number of allylic oxidation sites excluding steroid dienone is 4. The molecule has 0 aromatic heterocycles. The van der Waals surface area contributed by atoms with Crippen molar-refractivity contribution in [2.45, 2.75) is 39.0 Å². The Morgan fingerprint density at radius 3 is 2.83 bits per heavy atom. The molecule has 0 aliphatic heterocycles. The minimum atomic E-state index is 0.310. The number of carbonyl (C=O) groups excluding carboxylic acids is 1. The van der Waals surface area contributed by atoms with E-state index in [9.17, 15) is 4.79 Å². The smallest absolute Gasteiger partial charge is 0.155 e. The molecule has 0 aromatic rings.